The fourth-order valence-electron chi connectivity index (χ4n) is 1.78. The van der Waals surface area contributed by atoms with Crippen LogP contribution in [0.4, 0.5) is 4.39 Å². The van der Waals surface area contributed by atoms with E-state index in [1.54, 1.807) is 12.1 Å². The zero-order valence-corrected chi connectivity index (χ0v) is 10.2. The Labute approximate surface area is 98.7 Å². The number of H-pyrrole nitrogens is 1. The first kappa shape index (κ1) is 11.8. The fraction of sp³-hybridized carbons (Fsp3) is 0.385. The summed E-state index contributed by atoms with van der Waals surface area (Å²) < 4.78 is 13.5. The average Bonchev–Trinajstić information content (AvgIpc) is 2.13. The molecule has 1 N–H and O–H groups in total. The van der Waals surface area contributed by atoms with E-state index in [0.29, 0.717) is 17.8 Å². The third-order valence-electron chi connectivity index (χ3n) is 2.43. The Morgan fingerprint density at radius 1 is 1.35 bits per heavy atom. The minimum absolute atomic E-state index is 0.0247. The molecule has 4 heteroatoms. The number of aromatic nitrogens is 2. The molecule has 1 aromatic heterocycles. The molecule has 1 aromatic carbocycles. The van der Waals surface area contributed by atoms with Gasteiger partial charge in [0.05, 0.1) is 5.52 Å². The van der Waals surface area contributed by atoms with Gasteiger partial charge in [-0.15, -0.1) is 0 Å². The minimum Gasteiger partial charge on any atom is -0.310 e. The van der Waals surface area contributed by atoms with Crippen LogP contribution >= 0.6 is 0 Å². The highest BCUT2D eigenvalue weighted by Gasteiger charge is 2.15. The molecule has 0 atom stereocenters. The third-order valence-corrected chi connectivity index (χ3v) is 2.43. The number of hydrogen-bond donors (Lipinski definition) is 1. The van der Waals surface area contributed by atoms with Crippen molar-refractivity contribution >= 4 is 10.9 Å². The van der Waals surface area contributed by atoms with Gasteiger partial charge in [0.2, 0.25) is 0 Å². The van der Waals surface area contributed by atoms with Crippen molar-refractivity contribution < 1.29 is 4.39 Å². The van der Waals surface area contributed by atoms with Gasteiger partial charge in [-0.3, -0.25) is 4.79 Å². The molecule has 17 heavy (non-hydrogen) atoms. The molecular weight excluding hydrogens is 219 g/mol. The van der Waals surface area contributed by atoms with E-state index >= 15 is 0 Å². The predicted molar refractivity (Wildman–Crippen MR) is 65.5 cm³/mol. The Balaban J connectivity index is 2.61. The number of nitrogens with zero attached hydrogens (tertiary/aromatic N) is 1. The van der Waals surface area contributed by atoms with E-state index < -0.39 is 11.4 Å². The topological polar surface area (TPSA) is 45.8 Å². The van der Waals surface area contributed by atoms with Crippen LogP contribution in [0.25, 0.3) is 10.9 Å². The third kappa shape index (κ3) is 2.52. The number of aromatic amines is 1. The van der Waals surface area contributed by atoms with E-state index in [-0.39, 0.29) is 10.8 Å². The van der Waals surface area contributed by atoms with Crippen molar-refractivity contribution in [3.05, 3.63) is 40.2 Å². The molecule has 0 saturated carbocycles. The Morgan fingerprint density at radius 3 is 2.71 bits per heavy atom. The highest BCUT2D eigenvalue weighted by atomic mass is 19.1. The van der Waals surface area contributed by atoms with Gasteiger partial charge in [0, 0.05) is 6.42 Å². The van der Waals surface area contributed by atoms with Crippen LogP contribution in [0.5, 0.6) is 0 Å². The van der Waals surface area contributed by atoms with Gasteiger partial charge in [0.25, 0.3) is 5.56 Å². The second-order valence-corrected chi connectivity index (χ2v) is 5.38. The lowest BCUT2D eigenvalue weighted by molar-refractivity contribution is 0.401. The van der Waals surface area contributed by atoms with Crippen molar-refractivity contribution in [1.29, 1.82) is 0 Å². The first-order valence-corrected chi connectivity index (χ1v) is 5.54. The number of rotatable bonds is 1. The monoisotopic (exact) mass is 234 g/mol. The van der Waals surface area contributed by atoms with E-state index in [2.05, 4.69) is 30.7 Å². The zero-order chi connectivity index (χ0) is 12.6. The van der Waals surface area contributed by atoms with Gasteiger partial charge in [-0.25, -0.2) is 9.37 Å². The van der Waals surface area contributed by atoms with Gasteiger partial charge in [-0.2, -0.15) is 0 Å². The zero-order valence-electron chi connectivity index (χ0n) is 10.2. The number of halogens is 1. The summed E-state index contributed by atoms with van der Waals surface area (Å²) in [6.45, 7) is 6.17. The molecule has 0 aliphatic heterocycles. The van der Waals surface area contributed by atoms with Crippen LogP contribution in [0, 0.1) is 11.2 Å². The molecule has 2 rings (SSSR count). The molecule has 90 valence electrons. The average molecular weight is 234 g/mol. The van der Waals surface area contributed by atoms with Crippen LogP contribution in [0.15, 0.2) is 23.0 Å². The summed E-state index contributed by atoms with van der Waals surface area (Å²) in [6, 6.07) is 4.48. The van der Waals surface area contributed by atoms with Gasteiger partial charge in [0.1, 0.15) is 17.0 Å². The molecule has 2 aromatic rings. The van der Waals surface area contributed by atoms with E-state index in [1.165, 1.54) is 6.07 Å². The first-order valence-electron chi connectivity index (χ1n) is 5.54. The molecule has 0 amide bonds. The summed E-state index contributed by atoms with van der Waals surface area (Å²) in [6.07, 6.45) is 0.648. The number of nitrogens with one attached hydrogen (secondary N) is 1. The second-order valence-electron chi connectivity index (χ2n) is 5.38. The fourth-order valence-corrected chi connectivity index (χ4v) is 1.78. The maximum atomic E-state index is 13.5. The van der Waals surface area contributed by atoms with Crippen molar-refractivity contribution in [3.8, 4) is 0 Å². The summed E-state index contributed by atoms with van der Waals surface area (Å²) >= 11 is 0. The smallest absolute Gasteiger partial charge is 0.261 e. The first-order chi connectivity index (χ1) is 7.87. The van der Waals surface area contributed by atoms with Crippen LogP contribution in [0.3, 0.4) is 0 Å². The van der Waals surface area contributed by atoms with Crippen LogP contribution in [0.1, 0.15) is 26.6 Å². The van der Waals surface area contributed by atoms with Crippen LogP contribution in [-0.4, -0.2) is 9.97 Å². The second kappa shape index (κ2) is 3.95. The molecule has 0 bridgehead atoms. The molecule has 0 spiro atoms. The molecule has 0 unspecified atom stereocenters. The maximum absolute atomic E-state index is 13.5. The normalized spacial score (nSPS) is 12.0. The summed E-state index contributed by atoms with van der Waals surface area (Å²) in [5.74, 6) is 0.0687. The standard InChI is InChI=1S/C13H15FN2O/c1-13(2,3)7-10-15-9-6-4-5-8(14)11(9)12(17)16-10/h4-6H,7H2,1-3H3,(H,15,16,17). The number of hydrogen-bond acceptors (Lipinski definition) is 2. The number of fused-ring (bicyclic) bond motifs is 1. The molecule has 0 saturated heterocycles. The lowest BCUT2D eigenvalue weighted by Gasteiger charge is -2.17. The molecule has 1 heterocycles. The Bertz CT molecular complexity index is 611. The largest absolute Gasteiger partial charge is 0.310 e. The van der Waals surface area contributed by atoms with Crippen molar-refractivity contribution in [3.63, 3.8) is 0 Å². The molecule has 0 aliphatic carbocycles. The Kier molecular flexibility index (Phi) is 2.73. The van der Waals surface area contributed by atoms with E-state index in [9.17, 15) is 9.18 Å². The van der Waals surface area contributed by atoms with Crippen molar-refractivity contribution in [2.45, 2.75) is 27.2 Å². The lowest BCUT2D eigenvalue weighted by Crippen LogP contribution is -2.18. The quantitative estimate of drug-likeness (QED) is 0.824. The van der Waals surface area contributed by atoms with E-state index in [1.807, 2.05) is 0 Å². The van der Waals surface area contributed by atoms with E-state index in [4.69, 9.17) is 0 Å². The van der Waals surface area contributed by atoms with Crippen LogP contribution in [-0.2, 0) is 6.42 Å². The van der Waals surface area contributed by atoms with Gasteiger partial charge in [-0.05, 0) is 17.5 Å². The SMILES string of the molecule is CC(C)(C)Cc1nc2cccc(F)c2c(=O)[nH]1. The van der Waals surface area contributed by atoms with Crippen molar-refractivity contribution in [2.24, 2.45) is 5.41 Å². The Hall–Kier alpha value is -1.71. The van der Waals surface area contributed by atoms with Crippen molar-refractivity contribution in [2.75, 3.05) is 0 Å². The van der Waals surface area contributed by atoms with E-state index in [0.717, 1.165) is 0 Å². The molecule has 0 fully saturated rings. The summed E-state index contributed by atoms with van der Waals surface area (Å²) in [5.41, 5.74) is 0.0251. The van der Waals surface area contributed by atoms with Crippen molar-refractivity contribution in [1.82, 2.24) is 9.97 Å². The molecule has 3 nitrogen and oxygen atoms in total. The molecular formula is C13H15FN2O. The summed E-state index contributed by atoms with van der Waals surface area (Å²) in [5, 5.41) is 0.0326. The number of benzene rings is 1. The minimum atomic E-state index is -0.529. The molecule has 0 aliphatic rings. The highest BCUT2D eigenvalue weighted by Crippen LogP contribution is 2.19. The van der Waals surface area contributed by atoms with Gasteiger partial charge >= 0.3 is 0 Å². The summed E-state index contributed by atoms with van der Waals surface area (Å²) in [4.78, 5) is 18.7. The van der Waals surface area contributed by atoms with Crippen LogP contribution < -0.4 is 5.56 Å². The summed E-state index contributed by atoms with van der Waals surface area (Å²) in [7, 11) is 0. The van der Waals surface area contributed by atoms with Gasteiger partial charge in [0.15, 0.2) is 0 Å². The van der Waals surface area contributed by atoms with Gasteiger partial charge in [-0.1, -0.05) is 26.8 Å². The van der Waals surface area contributed by atoms with Crippen LogP contribution in [0.2, 0.25) is 0 Å². The Morgan fingerprint density at radius 2 is 2.06 bits per heavy atom. The lowest BCUT2D eigenvalue weighted by atomic mass is 9.92. The van der Waals surface area contributed by atoms with Gasteiger partial charge < -0.3 is 4.98 Å². The molecule has 0 radical (unpaired) electrons. The maximum Gasteiger partial charge on any atom is 0.261 e. The highest BCUT2D eigenvalue weighted by molar-refractivity contribution is 5.77. The predicted octanol–water partition coefficient (Wildman–Crippen LogP) is 2.65.